The molecule has 1 aliphatic rings. The Balaban J connectivity index is 1.99. The quantitative estimate of drug-likeness (QED) is 0.885. The van der Waals surface area contributed by atoms with Crippen molar-refractivity contribution in [2.45, 2.75) is 38.9 Å². The third-order valence-corrected chi connectivity index (χ3v) is 4.85. The van der Waals surface area contributed by atoms with Gasteiger partial charge in [0, 0.05) is 24.3 Å². The van der Waals surface area contributed by atoms with Crippen LogP contribution in [0.1, 0.15) is 33.3 Å². The summed E-state index contributed by atoms with van der Waals surface area (Å²) in [5, 5.41) is 2.25. The largest absolute Gasteiger partial charge is 0.491 e. The van der Waals surface area contributed by atoms with E-state index in [4.69, 9.17) is 15.0 Å². The van der Waals surface area contributed by atoms with Gasteiger partial charge >= 0.3 is 7.12 Å². The highest BCUT2D eigenvalue weighted by atomic mass is 16.7. The van der Waals surface area contributed by atoms with Gasteiger partial charge in [-0.25, -0.2) is 0 Å². The lowest BCUT2D eigenvalue weighted by molar-refractivity contribution is 0.00578. The number of benzene rings is 1. The minimum atomic E-state index is -0.420. The third kappa shape index (κ3) is 2.92. The summed E-state index contributed by atoms with van der Waals surface area (Å²) in [5.74, 6) is 0. The third-order valence-electron chi connectivity index (χ3n) is 4.85. The molecule has 0 saturated carbocycles. The van der Waals surface area contributed by atoms with Crippen molar-refractivity contribution < 1.29 is 9.31 Å². The Hall–Kier alpha value is -1.69. The van der Waals surface area contributed by atoms with Crippen molar-refractivity contribution in [2.24, 2.45) is 5.73 Å². The smallest absolute Gasteiger partial charge is 0.400 e. The average Bonchev–Trinajstić information content (AvgIpc) is 2.73. The van der Waals surface area contributed by atoms with E-state index in [2.05, 4.69) is 23.2 Å². The maximum absolute atomic E-state index is 6.12. The molecular weight excluding hydrogens is 287 g/mol. The second-order valence-electron chi connectivity index (χ2n) is 6.96. The fourth-order valence-corrected chi connectivity index (χ4v) is 2.68. The van der Waals surface area contributed by atoms with Gasteiger partial charge in [0.2, 0.25) is 0 Å². The zero-order valence-electron chi connectivity index (χ0n) is 14.2. The molecule has 2 heterocycles. The van der Waals surface area contributed by atoms with Crippen LogP contribution in [-0.4, -0.2) is 29.8 Å². The summed E-state index contributed by atoms with van der Waals surface area (Å²) in [6, 6.07) is 8.17. The van der Waals surface area contributed by atoms with Gasteiger partial charge in [-0.05, 0) is 50.2 Å². The molecule has 0 unspecified atom stereocenters. The summed E-state index contributed by atoms with van der Waals surface area (Å²) in [4.78, 5) is 4.23. The van der Waals surface area contributed by atoms with E-state index in [0.29, 0.717) is 6.54 Å². The number of pyridine rings is 1. The highest BCUT2D eigenvalue weighted by Crippen LogP contribution is 2.38. The predicted octanol–water partition coefficient (Wildman–Crippen LogP) is 3.21. The summed E-state index contributed by atoms with van der Waals surface area (Å²) in [7, 11) is -0.420. The normalized spacial score (nSPS) is 20.2. The standard InChI is InChI=1S/C18H23BN2O2/c1-17(2)18(3,4)23-19(22-17)15(11-20)10-14-7-5-6-13-8-9-21-12-16(13)14/h5-10,12H,11,20H2,1-4H3. The van der Waals surface area contributed by atoms with E-state index in [-0.39, 0.29) is 11.2 Å². The zero-order valence-corrected chi connectivity index (χ0v) is 14.2. The molecular formula is C18H23BN2O2. The van der Waals surface area contributed by atoms with Crippen LogP contribution in [0.5, 0.6) is 0 Å². The van der Waals surface area contributed by atoms with Crippen molar-refractivity contribution in [3.8, 4) is 0 Å². The lowest BCUT2D eigenvalue weighted by Crippen LogP contribution is -2.41. The second kappa shape index (κ2) is 5.75. The first-order valence-electron chi connectivity index (χ1n) is 7.93. The number of hydrogen-bond acceptors (Lipinski definition) is 4. The van der Waals surface area contributed by atoms with Crippen molar-refractivity contribution in [1.29, 1.82) is 0 Å². The first-order chi connectivity index (χ1) is 10.8. The van der Waals surface area contributed by atoms with Crippen LogP contribution in [0.2, 0.25) is 0 Å². The second-order valence-corrected chi connectivity index (χ2v) is 6.96. The van der Waals surface area contributed by atoms with Gasteiger partial charge in [0.15, 0.2) is 0 Å². The highest BCUT2D eigenvalue weighted by Gasteiger charge is 2.52. The van der Waals surface area contributed by atoms with E-state index in [9.17, 15) is 0 Å². The number of rotatable bonds is 3. The molecule has 1 fully saturated rings. The number of aromatic nitrogens is 1. The summed E-state index contributed by atoms with van der Waals surface area (Å²) >= 11 is 0. The Morgan fingerprint density at radius 3 is 2.52 bits per heavy atom. The van der Waals surface area contributed by atoms with Crippen LogP contribution in [-0.2, 0) is 9.31 Å². The van der Waals surface area contributed by atoms with Crippen molar-refractivity contribution in [3.63, 3.8) is 0 Å². The average molecular weight is 310 g/mol. The minimum Gasteiger partial charge on any atom is -0.400 e. The Bertz CT molecular complexity index is 734. The van der Waals surface area contributed by atoms with Gasteiger partial charge in [0.1, 0.15) is 0 Å². The molecule has 0 amide bonds. The van der Waals surface area contributed by atoms with Gasteiger partial charge in [-0.2, -0.15) is 0 Å². The zero-order chi connectivity index (χ0) is 16.7. The van der Waals surface area contributed by atoms with E-state index < -0.39 is 7.12 Å². The van der Waals surface area contributed by atoms with Crippen LogP contribution in [0, 0.1) is 0 Å². The minimum absolute atomic E-state index is 0.369. The molecule has 1 aromatic carbocycles. The Morgan fingerprint density at radius 2 is 1.87 bits per heavy atom. The van der Waals surface area contributed by atoms with E-state index in [0.717, 1.165) is 21.8 Å². The van der Waals surface area contributed by atoms with Crippen LogP contribution in [0.3, 0.4) is 0 Å². The van der Waals surface area contributed by atoms with Gasteiger partial charge in [-0.1, -0.05) is 24.3 Å². The molecule has 5 heteroatoms. The van der Waals surface area contributed by atoms with E-state index in [1.807, 2.05) is 46.0 Å². The van der Waals surface area contributed by atoms with Crippen molar-refractivity contribution in [3.05, 3.63) is 47.7 Å². The van der Waals surface area contributed by atoms with Crippen LogP contribution < -0.4 is 5.73 Å². The van der Waals surface area contributed by atoms with E-state index in [1.165, 1.54) is 0 Å². The Morgan fingerprint density at radius 1 is 1.17 bits per heavy atom. The molecule has 0 bridgehead atoms. The first kappa shape index (κ1) is 16.2. The van der Waals surface area contributed by atoms with Gasteiger partial charge in [-0.15, -0.1) is 0 Å². The first-order valence-corrected chi connectivity index (χ1v) is 7.93. The van der Waals surface area contributed by atoms with Crippen molar-refractivity contribution >= 4 is 24.0 Å². The van der Waals surface area contributed by atoms with Crippen LogP contribution in [0.25, 0.3) is 16.8 Å². The van der Waals surface area contributed by atoms with Gasteiger partial charge < -0.3 is 15.0 Å². The van der Waals surface area contributed by atoms with Crippen LogP contribution in [0.15, 0.2) is 42.1 Å². The molecule has 2 N–H and O–H groups in total. The molecule has 0 atom stereocenters. The monoisotopic (exact) mass is 310 g/mol. The number of nitrogens with zero attached hydrogens (tertiary/aromatic N) is 1. The molecule has 2 aromatic rings. The lowest BCUT2D eigenvalue weighted by Gasteiger charge is -2.32. The van der Waals surface area contributed by atoms with Gasteiger partial charge in [0.05, 0.1) is 11.2 Å². The molecule has 4 nitrogen and oxygen atoms in total. The molecule has 3 rings (SSSR count). The molecule has 0 aliphatic carbocycles. The molecule has 23 heavy (non-hydrogen) atoms. The maximum atomic E-state index is 6.12. The summed E-state index contributed by atoms with van der Waals surface area (Å²) in [6.07, 6.45) is 5.74. The van der Waals surface area contributed by atoms with E-state index >= 15 is 0 Å². The summed E-state index contributed by atoms with van der Waals surface area (Å²) in [6.45, 7) is 8.56. The Kier molecular flexibility index (Phi) is 4.04. The predicted molar refractivity (Wildman–Crippen MR) is 94.9 cm³/mol. The van der Waals surface area contributed by atoms with Crippen molar-refractivity contribution in [2.75, 3.05) is 6.54 Å². The molecule has 120 valence electrons. The highest BCUT2D eigenvalue weighted by molar-refractivity contribution is 6.56. The van der Waals surface area contributed by atoms with E-state index in [1.54, 1.807) is 6.20 Å². The molecule has 0 spiro atoms. The fourth-order valence-electron chi connectivity index (χ4n) is 2.68. The van der Waals surface area contributed by atoms with Crippen LogP contribution >= 0.6 is 0 Å². The maximum Gasteiger partial charge on any atom is 0.491 e. The topological polar surface area (TPSA) is 57.4 Å². The Labute approximate surface area is 137 Å². The number of hydrogen-bond donors (Lipinski definition) is 1. The molecule has 1 saturated heterocycles. The number of fused-ring (bicyclic) bond motifs is 1. The van der Waals surface area contributed by atoms with Crippen LogP contribution in [0.4, 0.5) is 0 Å². The molecule has 1 aliphatic heterocycles. The van der Waals surface area contributed by atoms with Gasteiger partial charge in [0.25, 0.3) is 0 Å². The summed E-state index contributed by atoms with van der Waals surface area (Å²) in [5.41, 5.74) is 7.25. The molecule has 0 radical (unpaired) electrons. The fraction of sp³-hybridized carbons (Fsp3) is 0.389. The number of nitrogens with two attached hydrogens (primary N) is 1. The summed E-state index contributed by atoms with van der Waals surface area (Å²) < 4.78 is 12.2. The molecule has 1 aromatic heterocycles. The van der Waals surface area contributed by atoms with Crippen molar-refractivity contribution in [1.82, 2.24) is 4.98 Å². The lowest BCUT2D eigenvalue weighted by atomic mass is 9.77. The SMILES string of the molecule is CC1(C)OB(C(=Cc2cccc3ccncc23)CN)OC1(C)C. The van der Waals surface area contributed by atoms with Gasteiger partial charge in [-0.3, -0.25) is 4.98 Å².